The van der Waals surface area contributed by atoms with Crippen LogP contribution in [-0.4, -0.2) is 18.2 Å². The van der Waals surface area contributed by atoms with Gasteiger partial charge in [0.25, 0.3) is 0 Å². The van der Waals surface area contributed by atoms with Crippen LogP contribution in [0.4, 0.5) is 5.69 Å². The van der Waals surface area contributed by atoms with Gasteiger partial charge in [0.1, 0.15) is 0 Å². The van der Waals surface area contributed by atoms with Crippen LogP contribution in [0.5, 0.6) is 0 Å². The van der Waals surface area contributed by atoms with Crippen LogP contribution in [0.3, 0.4) is 0 Å². The third-order valence-electron chi connectivity index (χ3n) is 7.83. The molecule has 1 aliphatic heterocycles. The van der Waals surface area contributed by atoms with Gasteiger partial charge >= 0.3 is 0 Å². The number of nitrogens with zero attached hydrogens (tertiary/aromatic N) is 1. The first-order valence-corrected chi connectivity index (χ1v) is 13.9. The first kappa shape index (κ1) is 28.0. The lowest BCUT2D eigenvalue weighted by Gasteiger charge is -2.35. The second kappa shape index (κ2) is 12.6. The molecular weight excluding hydrogens is 440 g/mol. The third-order valence-corrected chi connectivity index (χ3v) is 7.83. The number of hydrogen-bond donors (Lipinski definition) is 1. The van der Waals surface area contributed by atoms with Crippen LogP contribution >= 0.6 is 0 Å². The van der Waals surface area contributed by atoms with Gasteiger partial charge < -0.3 is 10.1 Å². The van der Waals surface area contributed by atoms with Gasteiger partial charge in [-0.05, 0) is 131 Å². The Hall–Kier alpha value is -2.57. The summed E-state index contributed by atoms with van der Waals surface area (Å²) in [7, 11) is 0. The number of anilines is 1. The molecule has 0 bridgehead atoms. The lowest BCUT2D eigenvalue weighted by Crippen LogP contribution is -2.32. The van der Waals surface area contributed by atoms with Gasteiger partial charge in [0, 0.05) is 18.3 Å². The maximum Gasteiger partial charge on any atom is 0.0994 e. The number of ether oxygens (including phenoxy) is 1. The van der Waals surface area contributed by atoms with E-state index in [1.54, 1.807) is 0 Å². The van der Waals surface area contributed by atoms with Crippen molar-refractivity contribution in [3.05, 3.63) is 69.8 Å². The zero-order valence-electron chi connectivity index (χ0n) is 23.6. The highest BCUT2D eigenvalue weighted by Gasteiger charge is 2.37. The van der Waals surface area contributed by atoms with Crippen LogP contribution < -0.4 is 5.32 Å². The highest BCUT2D eigenvalue weighted by Crippen LogP contribution is 2.41. The molecule has 1 spiro atoms. The van der Waals surface area contributed by atoms with Gasteiger partial charge in [-0.15, -0.1) is 0 Å². The average Bonchev–Trinajstić information content (AvgIpc) is 3.30. The molecule has 2 fully saturated rings. The fourth-order valence-electron chi connectivity index (χ4n) is 5.66. The summed E-state index contributed by atoms with van der Waals surface area (Å²) in [4.78, 5) is 0. The summed E-state index contributed by atoms with van der Waals surface area (Å²) < 4.78 is 5.83. The van der Waals surface area contributed by atoms with E-state index in [-0.39, 0.29) is 0 Å². The van der Waals surface area contributed by atoms with Gasteiger partial charge in [-0.3, -0.25) is 0 Å². The molecule has 3 nitrogen and oxygen atoms in total. The van der Waals surface area contributed by atoms with Crippen LogP contribution in [0.25, 0.3) is 5.57 Å². The fourth-order valence-corrected chi connectivity index (χ4v) is 5.66. The molecule has 1 N–H and O–H groups in total. The summed E-state index contributed by atoms with van der Waals surface area (Å²) in [6.07, 6.45) is 11.3. The molecule has 2 aromatic rings. The van der Waals surface area contributed by atoms with Gasteiger partial charge in [0.2, 0.25) is 0 Å². The predicted molar refractivity (Wildman–Crippen MR) is 153 cm³/mol. The first-order valence-electron chi connectivity index (χ1n) is 13.9. The van der Waals surface area contributed by atoms with E-state index in [1.807, 2.05) is 13.0 Å². The van der Waals surface area contributed by atoms with Crippen molar-refractivity contribution in [3.63, 3.8) is 0 Å². The van der Waals surface area contributed by atoms with E-state index in [1.165, 1.54) is 66.5 Å². The Morgan fingerprint density at radius 1 is 1.11 bits per heavy atom. The van der Waals surface area contributed by atoms with E-state index in [0.717, 1.165) is 35.6 Å². The smallest absolute Gasteiger partial charge is 0.0994 e. The second-order valence-electron chi connectivity index (χ2n) is 11.2. The van der Waals surface area contributed by atoms with Gasteiger partial charge in [-0.25, -0.2) is 0 Å². The SMILES string of the molecule is CC/C=C(\c1cc(C#N)c(C)cc1C)c1cccc(NC(C)C)c1C.CC1CCC2(CCCO2)CC1. The van der Waals surface area contributed by atoms with Gasteiger partial charge in [-0.2, -0.15) is 5.26 Å². The minimum absolute atomic E-state index is 0.354. The Bertz CT molecular complexity index is 1090. The topological polar surface area (TPSA) is 45.0 Å². The van der Waals surface area contributed by atoms with Crippen molar-refractivity contribution in [1.82, 2.24) is 0 Å². The quantitative estimate of drug-likeness (QED) is 0.459. The molecule has 0 amide bonds. The summed E-state index contributed by atoms with van der Waals surface area (Å²) in [5.41, 5.74) is 9.33. The largest absolute Gasteiger partial charge is 0.383 e. The van der Waals surface area contributed by atoms with Gasteiger partial charge in [0.15, 0.2) is 0 Å². The maximum absolute atomic E-state index is 9.43. The Morgan fingerprint density at radius 3 is 2.42 bits per heavy atom. The highest BCUT2D eigenvalue weighted by atomic mass is 16.5. The lowest BCUT2D eigenvalue weighted by molar-refractivity contribution is -0.0330. The zero-order valence-corrected chi connectivity index (χ0v) is 23.6. The molecule has 1 saturated heterocycles. The van der Waals surface area contributed by atoms with Crippen LogP contribution in [0.1, 0.15) is 106 Å². The molecule has 0 atom stereocenters. The molecule has 1 saturated carbocycles. The van der Waals surface area contributed by atoms with Crippen LogP contribution in [0.15, 0.2) is 36.4 Å². The zero-order chi connectivity index (χ0) is 26.3. The van der Waals surface area contributed by atoms with Crippen molar-refractivity contribution in [2.45, 2.75) is 105 Å². The number of rotatable bonds is 5. The molecule has 1 heterocycles. The summed E-state index contributed by atoms with van der Waals surface area (Å²) >= 11 is 0. The minimum atomic E-state index is 0.354. The summed E-state index contributed by atoms with van der Waals surface area (Å²) in [6, 6.07) is 13.3. The predicted octanol–water partition coefficient (Wildman–Crippen LogP) is 8.89. The molecule has 4 rings (SSSR count). The van der Waals surface area contributed by atoms with Crippen molar-refractivity contribution in [1.29, 1.82) is 5.26 Å². The van der Waals surface area contributed by atoms with E-state index >= 15 is 0 Å². The number of hydrogen-bond acceptors (Lipinski definition) is 3. The number of aryl methyl sites for hydroxylation is 2. The minimum Gasteiger partial charge on any atom is -0.383 e. The van der Waals surface area contributed by atoms with E-state index in [4.69, 9.17) is 4.74 Å². The Balaban J connectivity index is 0.000000270. The van der Waals surface area contributed by atoms with Gasteiger partial charge in [-0.1, -0.05) is 38.1 Å². The van der Waals surface area contributed by atoms with E-state index in [2.05, 4.69) is 83.3 Å². The average molecular weight is 487 g/mol. The van der Waals surface area contributed by atoms with E-state index in [9.17, 15) is 5.26 Å². The number of benzene rings is 2. The van der Waals surface area contributed by atoms with Gasteiger partial charge in [0.05, 0.1) is 17.2 Å². The number of allylic oxidation sites excluding steroid dienone is 1. The Labute approximate surface area is 220 Å². The molecular formula is C33H46N2O. The summed E-state index contributed by atoms with van der Waals surface area (Å²) in [5.74, 6) is 0.949. The van der Waals surface area contributed by atoms with Crippen molar-refractivity contribution >= 4 is 11.3 Å². The molecule has 3 heteroatoms. The first-order chi connectivity index (χ1) is 17.2. The van der Waals surface area contributed by atoms with Crippen molar-refractivity contribution in [2.24, 2.45) is 5.92 Å². The van der Waals surface area contributed by atoms with Crippen molar-refractivity contribution in [2.75, 3.05) is 11.9 Å². The van der Waals surface area contributed by atoms with E-state index in [0.29, 0.717) is 11.6 Å². The molecule has 36 heavy (non-hydrogen) atoms. The third kappa shape index (κ3) is 6.80. The number of nitriles is 1. The lowest BCUT2D eigenvalue weighted by atomic mass is 9.78. The summed E-state index contributed by atoms with van der Waals surface area (Å²) in [6.45, 7) is 16.1. The maximum atomic E-state index is 9.43. The molecule has 2 aromatic carbocycles. The highest BCUT2D eigenvalue weighted by molar-refractivity contribution is 5.85. The Morgan fingerprint density at radius 2 is 1.83 bits per heavy atom. The van der Waals surface area contributed by atoms with Crippen molar-refractivity contribution < 1.29 is 4.74 Å². The fraction of sp³-hybridized carbons (Fsp3) is 0.545. The molecule has 0 aromatic heterocycles. The molecule has 1 aliphatic carbocycles. The van der Waals surface area contributed by atoms with Crippen LogP contribution in [-0.2, 0) is 4.74 Å². The number of nitrogens with one attached hydrogen (secondary N) is 1. The molecule has 194 valence electrons. The molecule has 0 unspecified atom stereocenters. The van der Waals surface area contributed by atoms with Crippen molar-refractivity contribution in [3.8, 4) is 6.07 Å². The van der Waals surface area contributed by atoms with E-state index < -0.39 is 0 Å². The second-order valence-corrected chi connectivity index (χ2v) is 11.2. The molecule has 0 radical (unpaired) electrons. The van der Waals surface area contributed by atoms with Crippen LogP contribution in [0, 0.1) is 38.0 Å². The van der Waals surface area contributed by atoms with Crippen LogP contribution in [0.2, 0.25) is 0 Å². The normalized spacial score (nSPS) is 21.8. The standard InChI is InChI=1S/C23H28N2.C10H18O/c1-7-9-21(22-13-19(14-24)16(4)12-17(22)5)20-10-8-11-23(18(20)6)25-15(2)3;1-9-3-6-10(7-4-9)5-2-8-11-10/h8-13,15,25H,7H2,1-6H3;9H,2-8H2,1H3/b21-9-;. The monoisotopic (exact) mass is 486 g/mol. The Kier molecular flexibility index (Phi) is 9.80. The molecule has 2 aliphatic rings. The summed E-state index contributed by atoms with van der Waals surface area (Å²) in [5, 5.41) is 13.0.